The number of benzene rings is 4. The van der Waals surface area contributed by atoms with Crippen LogP contribution in [0.2, 0.25) is 0 Å². The molecule has 0 saturated carbocycles. The molecule has 4 aromatic carbocycles. The van der Waals surface area contributed by atoms with Gasteiger partial charge in [0.15, 0.2) is 0 Å². The maximum absolute atomic E-state index is 13.4. The maximum Gasteiger partial charge on any atom is 0.573 e. The monoisotopic (exact) mass is 862 g/mol. The zero-order valence-corrected chi connectivity index (χ0v) is 32.0. The topological polar surface area (TPSA) is 61.8 Å². The van der Waals surface area contributed by atoms with Gasteiger partial charge in [-0.15, -0.1) is 26.3 Å². The molecule has 0 radical (unpaired) electrons. The van der Waals surface area contributed by atoms with Gasteiger partial charge in [0.25, 0.3) is 0 Å². The van der Waals surface area contributed by atoms with E-state index in [0.717, 1.165) is 36.4 Å². The van der Waals surface area contributed by atoms with E-state index in [1.165, 1.54) is 38.1 Å². The molecule has 0 amide bonds. The first-order valence-electron chi connectivity index (χ1n) is 16.7. The van der Waals surface area contributed by atoms with E-state index in [1.54, 1.807) is 13.8 Å². The molecule has 0 aromatic heterocycles. The summed E-state index contributed by atoms with van der Waals surface area (Å²) in [4.78, 5) is -0.499. The smallest absolute Gasteiger partial charge is 0.457 e. The molecule has 0 heterocycles. The van der Waals surface area contributed by atoms with Crippen LogP contribution in [0.15, 0.2) is 70.5 Å². The van der Waals surface area contributed by atoms with Crippen LogP contribution in [-0.2, 0) is 47.3 Å². The molecule has 0 saturated heterocycles. The molecular formula is C38H34F12O5S2. The van der Waals surface area contributed by atoms with E-state index in [9.17, 15) is 61.1 Å². The van der Waals surface area contributed by atoms with E-state index in [1.807, 2.05) is 0 Å². The van der Waals surface area contributed by atoms with E-state index in [0.29, 0.717) is 33.4 Å². The molecule has 0 N–H and O–H groups in total. The van der Waals surface area contributed by atoms with Gasteiger partial charge in [0.1, 0.15) is 34.5 Å². The zero-order valence-electron chi connectivity index (χ0n) is 30.4. The molecule has 0 fully saturated rings. The Bertz CT molecular complexity index is 1940. The Kier molecular flexibility index (Phi) is 14.1. The molecule has 312 valence electrons. The number of aryl methyl sites for hydroxylation is 2. The average molecular weight is 863 g/mol. The second kappa shape index (κ2) is 17.7. The summed E-state index contributed by atoms with van der Waals surface area (Å²) in [6.45, 7) is 6.00. The molecule has 2 atom stereocenters. The molecule has 0 spiro atoms. The molecule has 0 aliphatic heterocycles. The summed E-state index contributed by atoms with van der Waals surface area (Å²) in [6, 6.07) is 12.0. The van der Waals surface area contributed by atoms with E-state index < -0.39 is 69.7 Å². The van der Waals surface area contributed by atoms with Crippen molar-refractivity contribution < 1.29 is 75.3 Å². The van der Waals surface area contributed by atoms with Gasteiger partial charge in [0.05, 0.1) is 21.6 Å². The van der Waals surface area contributed by atoms with Crippen molar-refractivity contribution in [2.75, 3.05) is 11.5 Å². The Morgan fingerprint density at radius 1 is 0.474 bits per heavy atom. The third kappa shape index (κ3) is 13.4. The van der Waals surface area contributed by atoms with Crippen molar-refractivity contribution in [2.24, 2.45) is 0 Å². The predicted molar refractivity (Wildman–Crippen MR) is 188 cm³/mol. The van der Waals surface area contributed by atoms with Crippen LogP contribution >= 0.6 is 0 Å². The largest absolute Gasteiger partial charge is 0.573 e. The summed E-state index contributed by atoms with van der Waals surface area (Å²) in [5.41, 5.74) is 2.95. The molecular weight excluding hydrogens is 829 g/mol. The van der Waals surface area contributed by atoms with Crippen molar-refractivity contribution in [3.8, 4) is 23.0 Å². The highest BCUT2D eigenvalue weighted by atomic mass is 32.2. The molecule has 57 heavy (non-hydrogen) atoms. The highest BCUT2D eigenvalue weighted by Crippen LogP contribution is 2.40. The second-order valence-electron chi connectivity index (χ2n) is 12.9. The fourth-order valence-corrected chi connectivity index (χ4v) is 8.40. The van der Waals surface area contributed by atoms with Crippen LogP contribution in [-0.4, -0.2) is 45.0 Å². The first-order chi connectivity index (χ1) is 26.2. The molecule has 0 aliphatic rings. The molecule has 5 nitrogen and oxygen atoms in total. The third-order valence-corrected chi connectivity index (χ3v) is 11.8. The number of ether oxygens (including phenoxy) is 3. The van der Waals surface area contributed by atoms with Crippen LogP contribution in [0, 0.1) is 27.7 Å². The standard InChI is InChI=1S/C38H34F12O5S2/c1-21-29(15-9-25-5-11-27(12-6-25)54-37(45,46)47)23(3)33(56(51)19-35(39,40)41)17-31(21)53-32-18-34(57(52)20-36(42,43)44)24(4)30(22(32)2)16-10-26-7-13-28(14-8-26)55-38(48,49)50/h5-8,11-14,17-18H,9-10,15-16,19-20H2,1-4H3. The Morgan fingerprint density at radius 3 is 1.07 bits per heavy atom. The second-order valence-corrected chi connectivity index (χ2v) is 15.7. The number of halogens is 12. The average Bonchev–Trinajstić information content (AvgIpc) is 3.05. The van der Waals surface area contributed by atoms with E-state index in [-0.39, 0.29) is 58.1 Å². The third-order valence-electron chi connectivity index (χ3n) is 8.75. The minimum Gasteiger partial charge on any atom is -0.457 e. The van der Waals surface area contributed by atoms with Crippen LogP contribution in [0.25, 0.3) is 0 Å². The van der Waals surface area contributed by atoms with Gasteiger partial charge in [-0.3, -0.25) is 8.42 Å². The molecule has 4 rings (SSSR count). The quantitative estimate of drug-likeness (QED) is 0.118. The number of rotatable bonds is 14. The zero-order chi connectivity index (χ0) is 42.7. The SMILES string of the molecule is Cc1c(Oc2cc(S(=O)CC(F)(F)F)c(C)c(CCc3ccc(OC(F)(F)F)cc3)c2C)cc(S(=O)CC(F)(F)F)c(C)c1CCc1ccc(OC(F)(F)F)cc1. The van der Waals surface area contributed by atoms with Crippen molar-refractivity contribution in [2.45, 2.75) is 88.2 Å². The fraction of sp³-hybridized carbons (Fsp3) is 0.368. The highest BCUT2D eigenvalue weighted by Gasteiger charge is 2.35. The summed E-state index contributed by atoms with van der Waals surface area (Å²) in [6.07, 6.45) is -19.1. The summed E-state index contributed by atoms with van der Waals surface area (Å²) in [7, 11) is -5.31. The van der Waals surface area contributed by atoms with Crippen molar-refractivity contribution in [1.29, 1.82) is 0 Å². The van der Waals surface area contributed by atoms with Crippen molar-refractivity contribution in [3.63, 3.8) is 0 Å². The van der Waals surface area contributed by atoms with Gasteiger partial charge in [0, 0.05) is 9.79 Å². The number of hydrogen-bond acceptors (Lipinski definition) is 5. The molecule has 4 aromatic rings. The first-order valence-corrected chi connectivity index (χ1v) is 19.4. The van der Waals surface area contributed by atoms with Crippen LogP contribution in [0.1, 0.15) is 44.5 Å². The minimum absolute atomic E-state index is 0.0797. The van der Waals surface area contributed by atoms with Gasteiger partial charge in [-0.2, -0.15) is 26.3 Å². The Morgan fingerprint density at radius 2 is 0.789 bits per heavy atom. The fourth-order valence-electron chi connectivity index (χ4n) is 6.09. The summed E-state index contributed by atoms with van der Waals surface area (Å²) >= 11 is 0. The van der Waals surface area contributed by atoms with Crippen LogP contribution in [0.4, 0.5) is 52.7 Å². The van der Waals surface area contributed by atoms with Gasteiger partial charge in [-0.25, -0.2) is 0 Å². The normalized spacial score (nSPS) is 13.7. The first kappa shape index (κ1) is 45.4. The van der Waals surface area contributed by atoms with Gasteiger partial charge >= 0.3 is 25.1 Å². The van der Waals surface area contributed by atoms with Crippen molar-refractivity contribution in [1.82, 2.24) is 0 Å². The van der Waals surface area contributed by atoms with Crippen molar-refractivity contribution in [3.05, 3.63) is 105 Å². The van der Waals surface area contributed by atoms with E-state index in [2.05, 4.69) is 9.47 Å². The van der Waals surface area contributed by atoms with E-state index >= 15 is 0 Å². The van der Waals surface area contributed by atoms with Gasteiger partial charge in [-0.05, 0) is 134 Å². The number of hydrogen-bond donors (Lipinski definition) is 0. The lowest BCUT2D eigenvalue weighted by molar-refractivity contribution is -0.275. The summed E-state index contributed by atoms with van der Waals surface area (Å²) in [5.74, 6) is -4.60. The van der Waals surface area contributed by atoms with E-state index in [4.69, 9.17) is 4.74 Å². The Balaban J connectivity index is 1.77. The minimum atomic E-state index is -4.92. The summed E-state index contributed by atoms with van der Waals surface area (Å²) in [5, 5.41) is 0. The van der Waals surface area contributed by atoms with Gasteiger partial charge < -0.3 is 14.2 Å². The number of alkyl halides is 12. The predicted octanol–water partition coefficient (Wildman–Crippen LogP) is 11.4. The Labute approximate surface area is 324 Å². The van der Waals surface area contributed by atoms with Gasteiger partial charge in [0.2, 0.25) is 0 Å². The van der Waals surface area contributed by atoms with Crippen LogP contribution < -0.4 is 14.2 Å². The van der Waals surface area contributed by atoms with Gasteiger partial charge in [-0.1, -0.05) is 24.3 Å². The highest BCUT2D eigenvalue weighted by molar-refractivity contribution is 7.85. The molecule has 0 aliphatic carbocycles. The van der Waals surface area contributed by atoms with Crippen LogP contribution in [0.5, 0.6) is 23.0 Å². The van der Waals surface area contributed by atoms with Crippen LogP contribution in [0.3, 0.4) is 0 Å². The molecule has 2 unspecified atom stereocenters. The lowest BCUT2D eigenvalue weighted by atomic mass is 9.94. The maximum atomic E-state index is 13.4. The summed E-state index contributed by atoms with van der Waals surface area (Å²) < 4.78 is 197. The van der Waals surface area contributed by atoms with Crippen molar-refractivity contribution >= 4 is 21.6 Å². The Hall–Kier alpha value is -4.26. The molecule has 19 heteroatoms. The lowest BCUT2D eigenvalue weighted by Crippen LogP contribution is -2.20. The lowest BCUT2D eigenvalue weighted by Gasteiger charge is -2.22. The molecule has 0 bridgehead atoms.